The highest BCUT2D eigenvalue weighted by atomic mass is 14.9. The van der Waals surface area contributed by atoms with Crippen LogP contribution in [0, 0.1) is 0 Å². The summed E-state index contributed by atoms with van der Waals surface area (Å²) >= 11 is 0. The van der Waals surface area contributed by atoms with Crippen LogP contribution in [0.2, 0.25) is 0 Å². The van der Waals surface area contributed by atoms with Crippen LogP contribution in [0.1, 0.15) is 25.0 Å². The molecule has 12 rings (SSSR count). The van der Waals surface area contributed by atoms with Crippen molar-refractivity contribution in [3.8, 4) is 78.4 Å². The predicted octanol–water partition coefficient (Wildman–Crippen LogP) is 16.2. The second kappa shape index (κ2) is 14.6. The highest BCUT2D eigenvalue weighted by Crippen LogP contribution is 2.50. The van der Waals surface area contributed by atoms with Gasteiger partial charge in [-0.25, -0.2) is 9.97 Å². The lowest BCUT2D eigenvalue weighted by atomic mass is 9.81. The summed E-state index contributed by atoms with van der Waals surface area (Å²) in [6.07, 6.45) is 0. The second-order valence-corrected chi connectivity index (χ2v) is 17.3. The van der Waals surface area contributed by atoms with Gasteiger partial charge in [-0.1, -0.05) is 214 Å². The highest BCUT2D eigenvalue weighted by Gasteiger charge is 2.35. The van der Waals surface area contributed by atoms with Crippen LogP contribution in [0.25, 0.3) is 111 Å². The van der Waals surface area contributed by atoms with Crippen LogP contribution in [0.3, 0.4) is 0 Å². The van der Waals surface area contributed by atoms with Crippen LogP contribution >= 0.6 is 0 Å². The lowest BCUT2D eigenvalue weighted by molar-refractivity contribution is 0.660. The number of hydrogen-bond acceptors (Lipinski definition) is 2. The smallest absolute Gasteiger partial charge is 0.160 e. The first-order valence-corrected chi connectivity index (χ1v) is 21.8. The third-order valence-electron chi connectivity index (χ3n) is 13.3. The minimum Gasteiger partial charge on any atom is -0.228 e. The van der Waals surface area contributed by atoms with Gasteiger partial charge in [-0.05, 0) is 106 Å². The predicted molar refractivity (Wildman–Crippen MR) is 265 cm³/mol. The van der Waals surface area contributed by atoms with E-state index in [1.54, 1.807) is 0 Å². The summed E-state index contributed by atoms with van der Waals surface area (Å²) < 4.78 is 0. The van der Waals surface area contributed by atoms with E-state index in [0.717, 1.165) is 44.6 Å². The summed E-state index contributed by atoms with van der Waals surface area (Å²) in [6.45, 7) is 4.71. The molecule has 0 saturated carbocycles. The number of hydrogen-bond donors (Lipinski definition) is 0. The number of rotatable bonds is 6. The van der Waals surface area contributed by atoms with Crippen molar-refractivity contribution in [2.24, 2.45) is 0 Å². The molecular formula is C61H42N2. The Labute approximate surface area is 367 Å². The Hall–Kier alpha value is -7.94. The van der Waals surface area contributed by atoms with Gasteiger partial charge in [-0.15, -0.1) is 0 Å². The van der Waals surface area contributed by atoms with Gasteiger partial charge < -0.3 is 0 Å². The van der Waals surface area contributed by atoms with E-state index in [-0.39, 0.29) is 5.41 Å². The molecule has 2 nitrogen and oxygen atoms in total. The highest BCUT2D eigenvalue weighted by molar-refractivity contribution is 6.12. The summed E-state index contributed by atoms with van der Waals surface area (Å²) in [4.78, 5) is 10.6. The molecule has 11 aromatic rings. The zero-order valence-electron chi connectivity index (χ0n) is 35.2. The third kappa shape index (κ3) is 6.09. The number of fused-ring (bicyclic) bond motifs is 6. The first kappa shape index (κ1) is 36.9. The Bertz CT molecular complexity index is 3600. The lowest BCUT2D eigenvalue weighted by Crippen LogP contribution is -2.14. The quantitative estimate of drug-likeness (QED) is 0.167. The van der Waals surface area contributed by atoms with E-state index in [9.17, 15) is 0 Å². The van der Waals surface area contributed by atoms with Crippen molar-refractivity contribution in [2.75, 3.05) is 0 Å². The minimum atomic E-state index is -0.0642. The van der Waals surface area contributed by atoms with Gasteiger partial charge in [0.15, 0.2) is 5.82 Å². The molecule has 0 radical (unpaired) electrons. The van der Waals surface area contributed by atoms with Crippen molar-refractivity contribution in [1.82, 2.24) is 9.97 Å². The van der Waals surface area contributed by atoms with Crippen molar-refractivity contribution in [3.05, 3.63) is 230 Å². The van der Waals surface area contributed by atoms with Crippen LogP contribution in [0.5, 0.6) is 0 Å². The molecule has 0 N–H and O–H groups in total. The van der Waals surface area contributed by atoms with Gasteiger partial charge in [0.2, 0.25) is 0 Å². The monoisotopic (exact) mass is 802 g/mol. The molecule has 2 heteroatoms. The Morgan fingerprint density at radius 2 is 0.762 bits per heavy atom. The zero-order chi connectivity index (χ0) is 42.1. The number of benzene rings is 10. The molecule has 63 heavy (non-hydrogen) atoms. The number of aromatic nitrogens is 2. The second-order valence-electron chi connectivity index (χ2n) is 17.3. The molecular weight excluding hydrogens is 761 g/mol. The van der Waals surface area contributed by atoms with E-state index in [2.05, 4.69) is 226 Å². The van der Waals surface area contributed by atoms with Crippen LogP contribution in [-0.2, 0) is 5.41 Å². The van der Waals surface area contributed by atoms with Crippen molar-refractivity contribution >= 4 is 32.3 Å². The Balaban J connectivity index is 1.00. The minimum absolute atomic E-state index is 0.0642. The molecule has 0 saturated heterocycles. The molecule has 10 aromatic carbocycles. The SMILES string of the molecule is CC1(C)c2ccccc2-c2ccc(-c3ccc(-c4ccc(-c5cc(-c6ccccc6-c6ccc7ccccc7c6)nc(-c6ccccc6)n5)c5ccccc45)c4ccccc34)cc21. The van der Waals surface area contributed by atoms with Gasteiger partial charge in [-0.3, -0.25) is 0 Å². The number of nitrogens with zero attached hydrogens (tertiary/aromatic N) is 2. The van der Waals surface area contributed by atoms with Crippen molar-refractivity contribution in [1.29, 1.82) is 0 Å². The fourth-order valence-electron chi connectivity index (χ4n) is 10.2. The first-order chi connectivity index (χ1) is 31.0. The summed E-state index contributed by atoms with van der Waals surface area (Å²) in [7, 11) is 0. The van der Waals surface area contributed by atoms with Gasteiger partial charge in [0.25, 0.3) is 0 Å². The van der Waals surface area contributed by atoms with Crippen LogP contribution in [-0.4, -0.2) is 9.97 Å². The summed E-state index contributed by atoms with van der Waals surface area (Å²) in [5, 5.41) is 7.25. The summed E-state index contributed by atoms with van der Waals surface area (Å²) in [5.74, 6) is 0.699. The molecule has 0 aliphatic heterocycles. The molecule has 1 aromatic heterocycles. The molecule has 0 atom stereocenters. The fourth-order valence-corrected chi connectivity index (χ4v) is 10.2. The molecule has 1 aliphatic carbocycles. The van der Waals surface area contributed by atoms with Gasteiger partial charge in [0.1, 0.15) is 0 Å². The average molecular weight is 803 g/mol. The molecule has 296 valence electrons. The molecule has 1 heterocycles. The third-order valence-corrected chi connectivity index (χ3v) is 13.3. The zero-order valence-corrected chi connectivity index (χ0v) is 35.2. The fraction of sp³-hybridized carbons (Fsp3) is 0.0492. The van der Waals surface area contributed by atoms with Crippen LogP contribution < -0.4 is 0 Å². The summed E-state index contributed by atoms with van der Waals surface area (Å²) in [5.41, 5.74) is 17.5. The Morgan fingerprint density at radius 1 is 0.286 bits per heavy atom. The average Bonchev–Trinajstić information content (AvgIpc) is 3.58. The largest absolute Gasteiger partial charge is 0.228 e. The normalized spacial score (nSPS) is 12.7. The van der Waals surface area contributed by atoms with Gasteiger partial charge in [-0.2, -0.15) is 0 Å². The van der Waals surface area contributed by atoms with E-state index in [4.69, 9.17) is 9.97 Å². The first-order valence-electron chi connectivity index (χ1n) is 21.8. The van der Waals surface area contributed by atoms with Gasteiger partial charge >= 0.3 is 0 Å². The summed E-state index contributed by atoms with van der Waals surface area (Å²) in [6, 6.07) is 79.2. The Kier molecular flexibility index (Phi) is 8.55. The molecule has 1 aliphatic rings. The van der Waals surface area contributed by atoms with E-state index in [0.29, 0.717) is 5.82 Å². The standard InChI is InChI=1S/C61H42N2/c1-61(2)56-27-15-14-25-52(56)53-31-30-43(37-57(53)61)45-32-33-50(47-22-10-9-21-46(45)47)51-34-35-55(49-24-12-11-23-48(49)51)59-38-58(62-60(63-59)40-17-4-3-5-18-40)54-26-13-8-20-44(54)42-29-28-39-16-6-7-19-41(39)36-42/h3-38H,1-2H3. The topological polar surface area (TPSA) is 25.8 Å². The van der Waals surface area contributed by atoms with E-state index in [1.165, 1.54) is 71.4 Å². The van der Waals surface area contributed by atoms with Crippen molar-refractivity contribution in [2.45, 2.75) is 19.3 Å². The van der Waals surface area contributed by atoms with Crippen LogP contribution in [0.15, 0.2) is 218 Å². The van der Waals surface area contributed by atoms with Crippen molar-refractivity contribution in [3.63, 3.8) is 0 Å². The molecule has 0 spiro atoms. The van der Waals surface area contributed by atoms with Crippen LogP contribution in [0.4, 0.5) is 0 Å². The maximum atomic E-state index is 5.33. The lowest BCUT2D eigenvalue weighted by Gasteiger charge is -2.22. The molecule has 0 amide bonds. The maximum absolute atomic E-state index is 5.33. The molecule has 0 fully saturated rings. The Morgan fingerprint density at radius 3 is 1.49 bits per heavy atom. The molecule has 0 bridgehead atoms. The van der Waals surface area contributed by atoms with E-state index >= 15 is 0 Å². The maximum Gasteiger partial charge on any atom is 0.160 e. The molecule has 0 unspecified atom stereocenters. The van der Waals surface area contributed by atoms with Gasteiger partial charge in [0, 0.05) is 22.1 Å². The van der Waals surface area contributed by atoms with E-state index in [1.807, 2.05) is 6.07 Å². The van der Waals surface area contributed by atoms with E-state index < -0.39 is 0 Å². The van der Waals surface area contributed by atoms with Crippen molar-refractivity contribution < 1.29 is 0 Å². The van der Waals surface area contributed by atoms with Gasteiger partial charge in [0.05, 0.1) is 11.4 Å².